The van der Waals surface area contributed by atoms with Crippen molar-refractivity contribution in [1.29, 1.82) is 0 Å². The van der Waals surface area contributed by atoms with Crippen LogP contribution in [0.15, 0.2) is 21.5 Å². The van der Waals surface area contributed by atoms with Gasteiger partial charge in [-0.2, -0.15) is 0 Å². The molecule has 1 N–H and O–H groups in total. The fourth-order valence-electron chi connectivity index (χ4n) is 1.38. The van der Waals surface area contributed by atoms with Crippen LogP contribution in [0.5, 0.6) is 5.75 Å². The van der Waals surface area contributed by atoms with E-state index in [-0.39, 0.29) is 11.7 Å². The molecule has 0 atom stereocenters. The monoisotopic (exact) mass is 455 g/mol. The summed E-state index contributed by atoms with van der Waals surface area (Å²) in [6, 6.07) is 3.57. The molecule has 1 aromatic carbocycles. The van der Waals surface area contributed by atoms with Crippen molar-refractivity contribution in [3.8, 4) is 5.75 Å². The van der Waals surface area contributed by atoms with Crippen molar-refractivity contribution in [2.24, 2.45) is 0 Å². The van der Waals surface area contributed by atoms with Gasteiger partial charge in [0, 0.05) is 17.1 Å². The predicted octanol–water partition coefficient (Wildman–Crippen LogP) is 3.59. The third-order valence-electron chi connectivity index (χ3n) is 2.33. The number of benzene rings is 1. The van der Waals surface area contributed by atoms with E-state index >= 15 is 0 Å². The highest BCUT2D eigenvalue weighted by Crippen LogP contribution is 2.35. The van der Waals surface area contributed by atoms with Crippen molar-refractivity contribution in [3.63, 3.8) is 0 Å². The molecule has 94 valence electrons. The topological polar surface area (TPSA) is 40.5 Å². The van der Waals surface area contributed by atoms with Gasteiger partial charge in [-0.3, -0.25) is 9.69 Å². The smallest absolute Gasteiger partial charge is 0.265 e. The quantitative estimate of drug-likeness (QED) is 0.399. The molecule has 1 heterocycles. The summed E-state index contributed by atoms with van der Waals surface area (Å²) in [7, 11) is 1.64. The molecule has 0 unspecified atom stereocenters. The molecule has 3 nitrogen and oxygen atoms in total. The summed E-state index contributed by atoms with van der Waals surface area (Å²) in [5.74, 6) is 0.0274. The summed E-state index contributed by atoms with van der Waals surface area (Å²) in [6.45, 7) is 0. The van der Waals surface area contributed by atoms with Crippen molar-refractivity contribution >= 4 is 78.8 Å². The molecule has 0 radical (unpaired) electrons. The Morgan fingerprint density at radius 1 is 1.56 bits per heavy atom. The number of halogens is 2. The lowest BCUT2D eigenvalue weighted by molar-refractivity contribution is -0.121. The third-order valence-corrected chi connectivity index (χ3v) is 5.10. The second-order valence-corrected chi connectivity index (χ2v) is 7.32. The predicted molar refractivity (Wildman–Crippen MR) is 89.5 cm³/mol. The minimum atomic E-state index is -0.139. The van der Waals surface area contributed by atoms with E-state index in [1.54, 1.807) is 25.3 Å². The molecule has 18 heavy (non-hydrogen) atoms. The van der Waals surface area contributed by atoms with Gasteiger partial charge >= 0.3 is 0 Å². The zero-order chi connectivity index (χ0) is 13.4. The summed E-state index contributed by atoms with van der Waals surface area (Å²) in [4.78, 5) is 13.8. The van der Waals surface area contributed by atoms with Gasteiger partial charge in [-0.15, -0.1) is 0 Å². The summed E-state index contributed by atoms with van der Waals surface area (Å²) >= 11 is 11.7. The number of amides is 1. The zero-order valence-corrected chi connectivity index (χ0v) is 14.5. The number of hydrogen-bond donors (Lipinski definition) is 1. The Morgan fingerprint density at radius 2 is 2.22 bits per heavy atom. The normalized spacial score (nSPS) is 17.9. The molecule has 1 saturated heterocycles. The van der Waals surface area contributed by atoms with Crippen LogP contribution in [-0.2, 0) is 4.79 Å². The number of phenolic OH excluding ortho intramolecular Hbond substituents is 1. The van der Waals surface area contributed by atoms with Crippen LogP contribution in [0.2, 0.25) is 0 Å². The first-order valence-electron chi connectivity index (χ1n) is 4.79. The summed E-state index contributed by atoms with van der Waals surface area (Å²) < 4.78 is 2.10. The number of carbonyl (C=O) groups excluding carboxylic acids is 1. The number of aromatic hydroxyl groups is 1. The number of thiocarbonyl (C=S) groups is 1. The molecule has 0 aliphatic carbocycles. The van der Waals surface area contributed by atoms with Crippen molar-refractivity contribution in [2.75, 3.05) is 7.05 Å². The second kappa shape index (κ2) is 5.48. The maximum atomic E-state index is 11.9. The van der Waals surface area contributed by atoms with Gasteiger partial charge in [-0.25, -0.2) is 0 Å². The second-order valence-electron chi connectivity index (χ2n) is 3.57. The van der Waals surface area contributed by atoms with E-state index in [1.807, 2.05) is 22.6 Å². The van der Waals surface area contributed by atoms with Crippen LogP contribution in [0.1, 0.15) is 5.56 Å². The number of hydrogen-bond acceptors (Lipinski definition) is 4. The van der Waals surface area contributed by atoms with Gasteiger partial charge in [-0.05, 0) is 40.8 Å². The van der Waals surface area contributed by atoms with Crippen molar-refractivity contribution in [2.45, 2.75) is 0 Å². The molecule has 0 bridgehead atoms. The lowest BCUT2D eigenvalue weighted by Gasteiger charge is -2.05. The zero-order valence-electron chi connectivity index (χ0n) is 9.11. The Bertz CT molecular complexity index is 589. The van der Waals surface area contributed by atoms with Crippen LogP contribution in [0, 0.1) is 3.57 Å². The van der Waals surface area contributed by atoms with E-state index in [0.29, 0.717) is 14.8 Å². The first-order valence-corrected chi connectivity index (χ1v) is 7.89. The van der Waals surface area contributed by atoms with E-state index < -0.39 is 0 Å². The number of nitrogens with zero attached hydrogens (tertiary/aromatic N) is 1. The first kappa shape index (κ1) is 14.3. The molecule has 1 aliphatic heterocycles. The summed E-state index contributed by atoms with van der Waals surface area (Å²) in [5, 5.41) is 9.96. The molecule has 1 amide bonds. The molecule has 1 aromatic rings. The van der Waals surface area contributed by atoms with Crippen molar-refractivity contribution < 1.29 is 9.90 Å². The van der Waals surface area contributed by atoms with Crippen LogP contribution in [0.3, 0.4) is 0 Å². The lowest BCUT2D eigenvalue weighted by Crippen LogP contribution is -2.22. The Hall–Kier alpha value is -0.120. The minimum absolute atomic E-state index is 0.139. The first-order chi connectivity index (χ1) is 8.40. The Morgan fingerprint density at radius 3 is 2.78 bits per heavy atom. The number of carbonyl (C=O) groups is 1. The molecule has 0 spiro atoms. The number of phenols is 1. The molecular formula is C11H7BrINO2S2. The molecular weight excluding hydrogens is 449 g/mol. The van der Waals surface area contributed by atoms with Crippen LogP contribution < -0.4 is 0 Å². The number of thioether (sulfide) groups is 1. The molecule has 0 saturated carbocycles. The fraction of sp³-hybridized carbons (Fsp3) is 0.0909. The molecule has 1 aliphatic rings. The fourth-order valence-corrected chi connectivity index (χ4v) is 4.10. The highest BCUT2D eigenvalue weighted by atomic mass is 127. The van der Waals surface area contributed by atoms with Gasteiger partial charge < -0.3 is 5.11 Å². The van der Waals surface area contributed by atoms with E-state index in [4.69, 9.17) is 12.2 Å². The Kier molecular flexibility index (Phi) is 4.35. The van der Waals surface area contributed by atoms with E-state index in [9.17, 15) is 9.90 Å². The SMILES string of the molecule is CN1C(=O)/C(=C\c2cc(Br)cc(I)c2O)SC1=S. The van der Waals surface area contributed by atoms with Crippen LogP contribution in [-0.4, -0.2) is 27.3 Å². The summed E-state index contributed by atoms with van der Waals surface area (Å²) in [6.07, 6.45) is 1.66. The molecule has 1 fully saturated rings. The highest BCUT2D eigenvalue weighted by molar-refractivity contribution is 14.1. The van der Waals surface area contributed by atoms with Crippen LogP contribution in [0.25, 0.3) is 6.08 Å². The van der Waals surface area contributed by atoms with E-state index in [2.05, 4.69) is 15.9 Å². The third kappa shape index (κ3) is 2.73. The molecule has 2 rings (SSSR count). The lowest BCUT2D eigenvalue weighted by atomic mass is 10.2. The van der Waals surface area contributed by atoms with Gasteiger partial charge in [-0.1, -0.05) is 39.9 Å². The van der Waals surface area contributed by atoms with Crippen LogP contribution >= 0.6 is 62.5 Å². The Labute approximate surface area is 136 Å². The number of likely N-dealkylation sites (N-methyl/N-ethyl adjacent to an activating group) is 1. The summed E-state index contributed by atoms with van der Waals surface area (Å²) in [5.41, 5.74) is 0.600. The standard InChI is InChI=1S/C11H7BrINO2S2/c1-14-10(16)8(18-11(14)17)3-5-2-6(12)4-7(13)9(5)15/h2-4,15H,1H3/b8-3+. The molecule has 7 heteroatoms. The maximum Gasteiger partial charge on any atom is 0.265 e. The minimum Gasteiger partial charge on any atom is -0.506 e. The van der Waals surface area contributed by atoms with Crippen LogP contribution in [0.4, 0.5) is 0 Å². The average Bonchev–Trinajstić information content (AvgIpc) is 2.53. The maximum absolute atomic E-state index is 11.9. The van der Waals surface area contributed by atoms with E-state index in [0.717, 1.165) is 8.04 Å². The van der Waals surface area contributed by atoms with Gasteiger partial charge in [0.25, 0.3) is 5.91 Å². The highest BCUT2D eigenvalue weighted by Gasteiger charge is 2.29. The Balaban J connectivity index is 2.46. The largest absolute Gasteiger partial charge is 0.506 e. The van der Waals surface area contributed by atoms with Crippen molar-refractivity contribution in [3.05, 3.63) is 30.6 Å². The average molecular weight is 456 g/mol. The van der Waals surface area contributed by atoms with Crippen molar-refractivity contribution in [1.82, 2.24) is 4.90 Å². The van der Waals surface area contributed by atoms with Gasteiger partial charge in [0.1, 0.15) is 10.1 Å². The van der Waals surface area contributed by atoms with Gasteiger partial charge in [0.2, 0.25) is 0 Å². The van der Waals surface area contributed by atoms with E-state index in [1.165, 1.54) is 16.7 Å². The van der Waals surface area contributed by atoms with Gasteiger partial charge in [0.05, 0.1) is 8.48 Å². The molecule has 0 aromatic heterocycles. The van der Waals surface area contributed by atoms with Gasteiger partial charge in [0.15, 0.2) is 0 Å². The number of rotatable bonds is 1.